The molecule has 4 nitrogen and oxygen atoms in total. The van der Waals surface area contributed by atoms with Crippen molar-refractivity contribution in [1.29, 1.82) is 0 Å². The number of carbonyl (C=O) groups excluding carboxylic acids is 1. The molecule has 0 spiro atoms. The van der Waals surface area contributed by atoms with Gasteiger partial charge in [0.2, 0.25) is 0 Å². The summed E-state index contributed by atoms with van der Waals surface area (Å²) in [7, 11) is 0. The fourth-order valence-electron chi connectivity index (χ4n) is 0.142. The number of nitrogens with two attached hydrogens (primary N) is 1. The maximum atomic E-state index is 9.60. The highest BCUT2D eigenvalue weighted by Gasteiger charge is 1.82. The van der Waals surface area contributed by atoms with Gasteiger partial charge in [-0.25, -0.2) is 4.79 Å². The van der Waals surface area contributed by atoms with E-state index in [1.807, 2.05) is 0 Å². The van der Waals surface area contributed by atoms with Crippen molar-refractivity contribution in [3.8, 4) is 0 Å². The van der Waals surface area contributed by atoms with Crippen LogP contribution in [0, 0.1) is 0 Å². The van der Waals surface area contributed by atoms with E-state index in [9.17, 15) is 4.79 Å². The molecule has 1 amide bonds. The van der Waals surface area contributed by atoms with Gasteiger partial charge in [-0.05, 0) is 6.92 Å². The molecule has 0 aliphatic carbocycles. The largest absolute Gasteiger partial charge is 0.450 e. The first-order valence-electron chi connectivity index (χ1n) is 1.69. The lowest BCUT2D eigenvalue weighted by Gasteiger charge is -1.89. The second-order valence-electron chi connectivity index (χ2n) is 0.752. The van der Waals surface area contributed by atoms with Crippen molar-refractivity contribution in [3.63, 3.8) is 0 Å². The first kappa shape index (κ1) is 15.6. The van der Waals surface area contributed by atoms with Crippen LogP contribution in [0.25, 0.3) is 0 Å². The fourth-order valence-corrected chi connectivity index (χ4v) is 0.142. The zero-order chi connectivity index (χ0) is 4.99. The van der Waals surface area contributed by atoms with Crippen molar-refractivity contribution >= 4 is 16.0 Å². The number of hydrogen-bond acceptors (Lipinski definition) is 3. The van der Waals surface area contributed by atoms with Gasteiger partial charge in [0.15, 0.2) is 0 Å². The van der Waals surface area contributed by atoms with Gasteiger partial charge in [0.05, 0.1) is 6.61 Å². The maximum absolute atomic E-state index is 9.60. The molecular formula is C3H13N2O2P. The van der Waals surface area contributed by atoms with Gasteiger partial charge >= 0.3 is 6.09 Å². The van der Waals surface area contributed by atoms with Crippen LogP contribution in [0.1, 0.15) is 6.92 Å². The lowest BCUT2D eigenvalue weighted by Crippen LogP contribution is -2.11. The highest BCUT2D eigenvalue weighted by atomic mass is 31.0. The van der Waals surface area contributed by atoms with Crippen LogP contribution in [-0.2, 0) is 4.74 Å². The van der Waals surface area contributed by atoms with Gasteiger partial charge in [-0.3, -0.25) is 0 Å². The first-order valence-corrected chi connectivity index (χ1v) is 1.69. The number of carbonyl (C=O) groups is 1. The van der Waals surface area contributed by atoms with Crippen LogP contribution in [0.3, 0.4) is 0 Å². The lowest BCUT2D eigenvalue weighted by molar-refractivity contribution is 0.163. The molecule has 0 rings (SSSR count). The minimum atomic E-state index is -0.711. The van der Waals surface area contributed by atoms with Crippen LogP contribution < -0.4 is 11.9 Å². The normalized spacial score (nSPS) is 5.62. The number of rotatable bonds is 1. The summed E-state index contributed by atoms with van der Waals surface area (Å²) in [5.41, 5.74) is 4.54. The summed E-state index contributed by atoms with van der Waals surface area (Å²) in [4.78, 5) is 9.60. The molecule has 0 heterocycles. The van der Waals surface area contributed by atoms with Crippen molar-refractivity contribution in [1.82, 2.24) is 6.15 Å². The third-order valence-corrected chi connectivity index (χ3v) is 0.287. The molecule has 0 saturated heterocycles. The Kier molecular flexibility index (Phi) is 19.2. The number of hydrogen-bond donors (Lipinski definition) is 2. The molecular weight excluding hydrogens is 127 g/mol. The van der Waals surface area contributed by atoms with Crippen LogP contribution in [-0.4, -0.2) is 12.7 Å². The number of amides is 1. The zero-order valence-corrected chi connectivity index (χ0v) is 6.43. The van der Waals surface area contributed by atoms with Crippen molar-refractivity contribution in [2.75, 3.05) is 6.61 Å². The van der Waals surface area contributed by atoms with Gasteiger partial charge in [0.1, 0.15) is 0 Å². The molecule has 0 saturated carbocycles. The third-order valence-electron chi connectivity index (χ3n) is 0.287. The van der Waals surface area contributed by atoms with Gasteiger partial charge in [-0.15, -0.1) is 0 Å². The predicted octanol–water partition coefficient (Wildman–Crippen LogP) is 0.322. The highest BCUT2D eigenvalue weighted by molar-refractivity contribution is 6.92. The van der Waals surface area contributed by atoms with Crippen LogP contribution >= 0.6 is 9.90 Å². The van der Waals surface area contributed by atoms with E-state index < -0.39 is 6.09 Å². The third kappa shape index (κ3) is 17.4. The molecule has 1 atom stereocenters. The zero-order valence-electron chi connectivity index (χ0n) is 5.02. The molecule has 0 radical (unpaired) electrons. The molecule has 8 heavy (non-hydrogen) atoms. The summed E-state index contributed by atoms with van der Waals surface area (Å²) in [6.45, 7) is 2.06. The van der Waals surface area contributed by atoms with Crippen LogP contribution in [0.2, 0.25) is 0 Å². The second kappa shape index (κ2) is 9.83. The molecule has 0 bridgehead atoms. The average molecular weight is 140 g/mol. The Hall–Kier alpha value is -0.340. The minimum absolute atomic E-state index is 0. The molecule has 0 aromatic carbocycles. The SMILES string of the molecule is CCOC(N)=O.N.P. The van der Waals surface area contributed by atoms with Crippen molar-refractivity contribution in [2.24, 2.45) is 5.73 Å². The summed E-state index contributed by atoms with van der Waals surface area (Å²) in [5.74, 6) is 0. The van der Waals surface area contributed by atoms with E-state index in [4.69, 9.17) is 0 Å². The fraction of sp³-hybridized carbons (Fsp3) is 0.667. The Morgan fingerprint density at radius 2 is 2.12 bits per heavy atom. The summed E-state index contributed by atoms with van der Waals surface area (Å²) < 4.78 is 4.18. The quantitative estimate of drug-likeness (QED) is 0.514. The van der Waals surface area contributed by atoms with Gasteiger partial charge < -0.3 is 16.6 Å². The van der Waals surface area contributed by atoms with Crippen molar-refractivity contribution in [3.05, 3.63) is 0 Å². The molecule has 5 N–H and O–H groups in total. The molecule has 0 aromatic heterocycles. The standard InChI is InChI=1S/C3H7NO2.H3N.H3P/c1-2-6-3(4)5;;/h2H2,1H3,(H2,4,5);2*1H3. The molecule has 5 heteroatoms. The summed E-state index contributed by atoms with van der Waals surface area (Å²) >= 11 is 0. The molecule has 0 aliphatic heterocycles. The Labute approximate surface area is 52.0 Å². The average Bonchev–Trinajstić information content (AvgIpc) is 1.35. The molecule has 52 valence electrons. The van der Waals surface area contributed by atoms with E-state index in [2.05, 4.69) is 10.5 Å². The van der Waals surface area contributed by atoms with Crippen molar-refractivity contribution < 1.29 is 9.53 Å². The summed E-state index contributed by atoms with van der Waals surface area (Å²) in [6.07, 6.45) is -0.711. The Morgan fingerprint density at radius 1 is 1.75 bits per heavy atom. The number of ether oxygens (including phenoxy) is 1. The predicted molar refractivity (Wildman–Crippen MR) is 37.3 cm³/mol. The van der Waals surface area contributed by atoms with E-state index in [0.717, 1.165) is 0 Å². The Morgan fingerprint density at radius 3 is 2.12 bits per heavy atom. The maximum Gasteiger partial charge on any atom is 0.404 e. The smallest absolute Gasteiger partial charge is 0.404 e. The molecule has 0 fully saturated rings. The molecule has 1 unspecified atom stereocenters. The first-order chi connectivity index (χ1) is 2.77. The minimum Gasteiger partial charge on any atom is -0.450 e. The van der Waals surface area contributed by atoms with E-state index >= 15 is 0 Å². The van der Waals surface area contributed by atoms with Crippen LogP contribution in [0.4, 0.5) is 4.79 Å². The second-order valence-corrected chi connectivity index (χ2v) is 0.752. The van der Waals surface area contributed by atoms with Crippen molar-refractivity contribution in [2.45, 2.75) is 6.92 Å². The highest BCUT2D eigenvalue weighted by Crippen LogP contribution is 1.66. The number of primary amides is 1. The monoisotopic (exact) mass is 140 g/mol. The topological polar surface area (TPSA) is 87.3 Å². The van der Waals surface area contributed by atoms with E-state index in [-0.39, 0.29) is 16.0 Å². The Bertz CT molecular complexity index is 59.2. The summed E-state index contributed by atoms with van der Waals surface area (Å²) in [5, 5.41) is 0. The van der Waals surface area contributed by atoms with E-state index in [0.29, 0.717) is 6.61 Å². The van der Waals surface area contributed by atoms with E-state index in [1.165, 1.54) is 0 Å². The van der Waals surface area contributed by atoms with E-state index in [1.54, 1.807) is 6.92 Å². The van der Waals surface area contributed by atoms with Gasteiger partial charge in [-0.1, -0.05) is 0 Å². The Balaban J connectivity index is -0.000000125. The van der Waals surface area contributed by atoms with Gasteiger partial charge in [0, 0.05) is 0 Å². The summed E-state index contributed by atoms with van der Waals surface area (Å²) in [6, 6.07) is 0. The molecule has 0 aliphatic rings. The van der Waals surface area contributed by atoms with Crippen LogP contribution in [0.5, 0.6) is 0 Å². The van der Waals surface area contributed by atoms with Gasteiger partial charge in [-0.2, -0.15) is 9.90 Å². The van der Waals surface area contributed by atoms with Gasteiger partial charge in [0.25, 0.3) is 0 Å². The van der Waals surface area contributed by atoms with Crippen LogP contribution in [0.15, 0.2) is 0 Å². The molecule has 0 aromatic rings. The lowest BCUT2D eigenvalue weighted by atomic mass is 10.9.